The molecular weight excluding hydrogens is 364 g/mol. The van der Waals surface area contributed by atoms with Crippen LogP contribution in [0.2, 0.25) is 0 Å². The Hall–Kier alpha value is -3.13. The van der Waals surface area contributed by atoms with Crippen LogP contribution in [0.25, 0.3) is 16.9 Å². The number of hydrogen-bond acceptors (Lipinski definition) is 5. The molecule has 1 amide bonds. The van der Waals surface area contributed by atoms with Crippen molar-refractivity contribution in [2.75, 3.05) is 12.8 Å². The first-order valence-corrected chi connectivity index (χ1v) is 9.36. The third kappa shape index (κ3) is 3.19. The van der Waals surface area contributed by atoms with Crippen LogP contribution in [0.15, 0.2) is 60.8 Å². The Balaban J connectivity index is 1.86. The van der Waals surface area contributed by atoms with Gasteiger partial charge in [0.25, 0.3) is 5.69 Å². The molecule has 0 N–H and O–H groups in total. The lowest BCUT2D eigenvalue weighted by Crippen LogP contribution is -2.23. The summed E-state index contributed by atoms with van der Waals surface area (Å²) in [5.74, 6) is 0.467. The van der Waals surface area contributed by atoms with Crippen molar-refractivity contribution in [2.45, 2.75) is 5.37 Å². The van der Waals surface area contributed by atoms with Gasteiger partial charge in [-0.15, -0.1) is 11.8 Å². The van der Waals surface area contributed by atoms with Gasteiger partial charge in [-0.2, -0.15) is 5.10 Å². The summed E-state index contributed by atoms with van der Waals surface area (Å²) in [6.45, 7) is 0. The van der Waals surface area contributed by atoms with Crippen molar-refractivity contribution >= 4 is 23.4 Å². The molecule has 1 aromatic heterocycles. The van der Waals surface area contributed by atoms with E-state index in [1.54, 1.807) is 28.8 Å². The number of benzene rings is 2. The van der Waals surface area contributed by atoms with Gasteiger partial charge >= 0.3 is 0 Å². The molecule has 3 aromatic rings. The molecule has 0 aliphatic carbocycles. The monoisotopic (exact) mass is 380 g/mol. The van der Waals surface area contributed by atoms with Gasteiger partial charge in [-0.25, -0.2) is 4.68 Å². The molecule has 1 aliphatic rings. The lowest BCUT2D eigenvalue weighted by Gasteiger charge is -2.18. The largest absolute Gasteiger partial charge is 0.329 e. The molecule has 1 fully saturated rings. The van der Waals surface area contributed by atoms with Crippen LogP contribution in [-0.2, 0) is 4.79 Å². The number of nitrogens with zero attached hydrogens (tertiary/aromatic N) is 4. The number of carbonyl (C=O) groups excluding carboxylic acids is 1. The normalized spacial score (nSPS) is 16.7. The van der Waals surface area contributed by atoms with Crippen LogP contribution >= 0.6 is 11.8 Å². The van der Waals surface area contributed by atoms with Gasteiger partial charge in [0, 0.05) is 36.5 Å². The molecule has 136 valence electrons. The smallest absolute Gasteiger partial charge is 0.270 e. The first kappa shape index (κ1) is 17.3. The van der Waals surface area contributed by atoms with Gasteiger partial charge in [0.2, 0.25) is 5.91 Å². The van der Waals surface area contributed by atoms with Gasteiger partial charge in [-0.05, 0) is 12.1 Å². The van der Waals surface area contributed by atoms with Crippen LogP contribution in [0.4, 0.5) is 5.69 Å². The Morgan fingerprint density at radius 2 is 1.96 bits per heavy atom. The van der Waals surface area contributed by atoms with E-state index in [-0.39, 0.29) is 17.0 Å². The molecule has 27 heavy (non-hydrogen) atoms. The average Bonchev–Trinajstić information content (AvgIpc) is 3.27. The molecule has 1 atom stereocenters. The van der Waals surface area contributed by atoms with Crippen molar-refractivity contribution in [1.82, 2.24) is 14.7 Å². The number of amides is 1. The average molecular weight is 380 g/mol. The first-order valence-electron chi connectivity index (χ1n) is 8.31. The number of non-ortho nitro benzene ring substituents is 1. The fraction of sp³-hybridized carbons (Fsp3) is 0.158. The zero-order valence-electron chi connectivity index (χ0n) is 14.5. The zero-order valence-corrected chi connectivity index (χ0v) is 15.3. The Labute approximate surface area is 159 Å². The van der Waals surface area contributed by atoms with Crippen LogP contribution in [0, 0.1) is 10.1 Å². The topological polar surface area (TPSA) is 81.3 Å². The van der Waals surface area contributed by atoms with Crippen molar-refractivity contribution in [1.29, 1.82) is 0 Å². The first-order chi connectivity index (χ1) is 13.0. The van der Waals surface area contributed by atoms with Gasteiger partial charge in [-0.1, -0.05) is 30.3 Å². The third-order valence-electron chi connectivity index (χ3n) is 4.47. The lowest BCUT2D eigenvalue weighted by molar-refractivity contribution is -0.384. The molecule has 2 aromatic carbocycles. The van der Waals surface area contributed by atoms with E-state index in [1.165, 1.54) is 23.9 Å². The second-order valence-corrected chi connectivity index (χ2v) is 7.26. The summed E-state index contributed by atoms with van der Waals surface area (Å²) in [4.78, 5) is 24.5. The van der Waals surface area contributed by atoms with Crippen LogP contribution < -0.4 is 0 Å². The van der Waals surface area contributed by atoms with Gasteiger partial charge in [0.1, 0.15) is 5.37 Å². The number of aromatic nitrogens is 2. The predicted octanol–water partition coefficient (Wildman–Crippen LogP) is 3.65. The highest BCUT2D eigenvalue weighted by molar-refractivity contribution is 8.00. The summed E-state index contributed by atoms with van der Waals surface area (Å²) >= 11 is 1.53. The number of carbonyl (C=O) groups is 1. The summed E-state index contributed by atoms with van der Waals surface area (Å²) in [5, 5.41) is 15.7. The van der Waals surface area contributed by atoms with E-state index in [0.29, 0.717) is 17.0 Å². The highest BCUT2D eigenvalue weighted by atomic mass is 32.2. The summed E-state index contributed by atoms with van der Waals surface area (Å²) < 4.78 is 1.75. The van der Waals surface area contributed by atoms with E-state index >= 15 is 0 Å². The minimum atomic E-state index is -0.419. The Kier molecular flexibility index (Phi) is 4.41. The zero-order chi connectivity index (χ0) is 19.0. The summed E-state index contributed by atoms with van der Waals surface area (Å²) in [7, 11) is 1.77. The van der Waals surface area contributed by atoms with Crippen molar-refractivity contribution < 1.29 is 9.72 Å². The highest BCUT2D eigenvalue weighted by Crippen LogP contribution is 2.42. The molecular formula is C19H16N4O3S. The SMILES string of the molecule is CN1C(=O)CSC1c1cn(-c2ccccc2)nc1-c1cccc([N+](=O)[O-])c1. The van der Waals surface area contributed by atoms with Crippen molar-refractivity contribution in [3.8, 4) is 16.9 Å². The molecule has 1 aliphatic heterocycles. The summed E-state index contributed by atoms with van der Waals surface area (Å²) in [5.41, 5.74) is 3.05. The van der Waals surface area contributed by atoms with Crippen molar-refractivity contribution in [2.24, 2.45) is 0 Å². The van der Waals surface area contributed by atoms with Crippen LogP contribution in [-0.4, -0.2) is 38.3 Å². The quantitative estimate of drug-likeness (QED) is 0.510. The van der Waals surface area contributed by atoms with Gasteiger partial charge in [-0.3, -0.25) is 14.9 Å². The maximum absolute atomic E-state index is 12.0. The molecule has 0 radical (unpaired) electrons. The molecule has 8 heteroatoms. The maximum Gasteiger partial charge on any atom is 0.270 e. The second-order valence-electron chi connectivity index (χ2n) is 6.19. The molecule has 0 spiro atoms. The van der Waals surface area contributed by atoms with Crippen molar-refractivity contribution in [3.63, 3.8) is 0 Å². The molecule has 7 nitrogen and oxygen atoms in total. The van der Waals surface area contributed by atoms with Crippen molar-refractivity contribution in [3.05, 3.63) is 76.5 Å². The van der Waals surface area contributed by atoms with E-state index in [0.717, 1.165) is 11.3 Å². The third-order valence-corrected chi connectivity index (χ3v) is 5.77. The van der Waals surface area contributed by atoms with Crippen LogP contribution in [0.1, 0.15) is 10.9 Å². The fourth-order valence-corrected chi connectivity index (χ4v) is 4.26. The number of rotatable bonds is 4. The van der Waals surface area contributed by atoms with Crippen LogP contribution in [0.3, 0.4) is 0 Å². The van der Waals surface area contributed by atoms with E-state index in [2.05, 4.69) is 0 Å². The predicted molar refractivity (Wildman–Crippen MR) is 104 cm³/mol. The van der Waals surface area contributed by atoms with E-state index in [9.17, 15) is 14.9 Å². The molecule has 2 heterocycles. The Morgan fingerprint density at radius 3 is 2.63 bits per heavy atom. The molecule has 0 saturated carbocycles. The van der Waals surface area contributed by atoms with E-state index < -0.39 is 4.92 Å². The minimum absolute atomic E-state index is 0.0104. The Morgan fingerprint density at radius 1 is 1.19 bits per heavy atom. The minimum Gasteiger partial charge on any atom is -0.329 e. The summed E-state index contributed by atoms with van der Waals surface area (Å²) in [6.07, 6.45) is 1.90. The number of nitro groups is 1. The number of nitro benzene ring substituents is 1. The number of para-hydroxylation sites is 1. The number of thioether (sulfide) groups is 1. The standard InChI is InChI=1S/C19H16N4O3S/c1-21-17(24)12-27-19(21)16-11-22(14-7-3-2-4-8-14)20-18(16)13-6-5-9-15(10-13)23(25)26/h2-11,19H,12H2,1H3. The van der Waals surface area contributed by atoms with Gasteiger partial charge < -0.3 is 4.90 Å². The lowest BCUT2D eigenvalue weighted by atomic mass is 10.1. The second kappa shape index (κ2) is 6.88. The molecule has 1 unspecified atom stereocenters. The maximum atomic E-state index is 12.0. The molecule has 4 rings (SSSR count). The Bertz CT molecular complexity index is 1020. The molecule has 1 saturated heterocycles. The highest BCUT2D eigenvalue weighted by Gasteiger charge is 2.33. The molecule has 0 bridgehead atoms. The fourth-order valence-electron chi connectivity index (χ4n) is 3.07. The number of hydrogen-bond donors (Lipinski definition) is 0. The van der Waals surface area contributed by atoms with Gasteiger partial charge in [0.05, 0.1) is 22.1 Å². The van der Waals surface area contributed by atoms with Gasteiger partial charge in [0.15, 0.2) is 0 Å². The van der Waals surface area contributed by atoms with E-state index in [1.807, 2.05) is 36.5 Å². The summed E-state index contributed by atoms with van der Waals surface area (Å²) in [6, 6.07) is 16.1. The van der Waals surface area contributed by atoms with Crippen LogP contribution in [0.5, 0.6) is 0 Å². The van der Waals surface area contributed by atoms with E-state index in [4.69, 9.17) is 5.10 Å².